The Labute approximate surface area is 160 Å². The van der Waals surface area contributed by atoms with Crippen molar-refractivity contribution < 1.29 is 14.5 Å². The molecule has 0 fully saturated rings. The molecule has 0 aliphatic rings. The van der Waals surface area contributed by atoms with Gasteiger partial charge in [0.2, 0.25) is 0 Å². The van der Waals surface area contributed by atoms with Crippen molar-refractivity contribution in [2.75, 3.05) is 12.4 Å². The number of carbonyl (C=O) groups excluding carboxylic acids is 1. The maximum atomic E-state index is 12.5. The van der Waals surface area contributed by atoms with E-state index in [1.165, 1.54) is 42.1 Å². The van der Waals surface area contributed by atoms with Crippen LogP contribution >= 0.6 is 0 Å². The lowest BCUT2D eigenvalue weighted by Crippen LogP contribution is -2.22. The third-order valence-electron chi connectivity index (χ3n) is 4.07. The van der Waals surface area contributed by atoms with Gasteiger partial charge >= 0.3 is 0 Å². The summed E-state index contributed by atoms with van der Waals surface area (Å²) in [4.78, 5) is 34.9. The highest BCUT2D eigenvalue weighted by Gasteiger charge is 2.10. The molecule has 0 saturated carbocycles. The molecule has 0 atom stereocenters. The van der Waals surface area contributed by atoms with E-state index in [0.717, 1.165) is 0 Å². The predicted octanol–water partition coefficient (Wildman–Crippen LogP) is 3.07. The molecule has 0 radical (unpaired) electrons. The number of aromatic nitrogens is 1. The van der Waals surface area contributed by atoms with Gasteiger partial charge in [0.1, 0.15) is 5.75 Å². The number of non-ortho nitro benzene ring substituents is 1. The first-order valence-corrected chi connectivity index (χ1v) is 8.35. The number of methoxy groups -OCH3 is 1. The number of anilines is 1. The van der Waals surface area contributed by atoms with E-state index in [-0.39, 0.29) is 23.7 Å². The summed E-state index contributed by atoms with van der Waals surface area (Å²) in [5.41, 5.74) is 1.28. The highest BCUT2D eigenvalue weighted by Crippen LogP contribution is 2.17. The topological polar surface area (TPSA) is 103 Å². The SMILES string of the molecule is COc1cccc(NC(=O)c2ccc(=O)n(Cc3ccc([N+](=O)[O-])cc3)c2)c1. The van der Waals surface area contributed by atoms with Crippen LogP contribution < -0.4 is 15.6 Å². The summed E-state index contributed by atoms with van der Waals surface area (Å²) < 4.78 is 6.50. The minimum atomic E-state index is -0.487. The smallest absolute Gasteiger partial charge is 0.269 e. The van der Waals surface area contributed by atoms with Crippen LogP contribution in [0.4, 0.5) is 11.4 Å². The van der Waals surface area contributed by atoms with Crippen LogP contribution in [0.3, 0.4) is 0 Å². The fraction of sp³-hybridized carbons (Fsp3) is 0.100. The molecule has 0 bridgehead atoms. The van der Waals surface area contributed by atoms with E-state index in [4.69, 9.17) is 4.74 Å². The molecule has 0 aliphatic carbocycles. The van der Waals surface area contributed by atoms with E-state index in [2.05, 4.69) is 5.32 Å². The standard InChI is InChI=1S/C20H17N3O5/c1-28-18-4-2-3-16(11-18)21-20(25)15-7-10-19(24)22(13-15)12-14-5-8-17(9-6-14)23(26)27/h2-11,13H,12H2,1H3,(H,21,25). The zero-order chi connectivity index (χ0) is 20.1. The molecule has 1 N–H and O–H groups in total. The Kier molecular flexibility index (Phi) is 5.50. The number of carbonyl (C=O) groups is 1. The molecule has 1 amide bonds. The lowest BCUT2D eigenvalue weighted by molar-refractivity contribution is -0.384. The Morgan fingerprint density at radius 3 is 2.57 bits per heavy atom. The van der Waals surface area contributed by atoms with Crippen molar-refractivity contribution in [3.05, 3.63) is 98.5 Å². The molecule has 0 unspecified atom stereocenters. The zero-order valence-corrected chi connectivity index (χ0v) is 15.0. The fourth-order valence-electron chi connectivity index (χ4n) is 2.61. The summed E-state index contributed by atoms with van der Waals surface area (Å²) in [5, 5.41) is 13.5. The van der Waals surface area contributed by atoms with Crippen LogP contribution in [0.25, 0.3) is 0 Å². The highest BCUT2D eigenvalue weighted by atomic mass is 16.6. The summed E-state index contributed by atoms with van der Waals surface area (Å²) in [5.74, 6) is 0.242. The van der Waals surface area contributed by atoms with Crippen molar-refractivity contribution in [3.63, 3.8) is 0 Å². The van der Waals surface area contributed by atoms with Crippen molar-refractivity contribution in [1.29, 1.82) is 0 Å². The van der Waals surface area contributed by atoms with Gasteiger partial charge in [-0.15, -0.1) is 0 Å². The average molecular weight is 379 g/mol. The van der Waals surface area contributed by atoms with Gasteiger partial charge in [0.05, 0.1) is 24.1 Å². The van der Waals surface area contributed by atoms with Gasteiger partial charge in [-0.05, 0) is 23.8 Å². The Morgan fingerprint density at radius 1 is 1.14 bits per heavy atom. The number of hydrogen-bond acceptors (Lipinski definition) is 5. The van der Waals surface area contributed by atoms with Gasteiger partial charge < -0.3 is 14.6 Å². The predicted molar refractivity (Wildman–Crippen MR) is 104 cm³/mol. The first-order valence-electron chi connectivity index (χ1n) is 8.35. The van der Waals surface area contributed by atoms with E-state index >= 15 is 0 Å². The molecule has 8 heteroatoms. The van der Waals surface area contributed by atoms with Crippen LogP contribution in [-0.4, -0.2) is 22.5 Å². The first-order chi connectivity index (χ1) is 13.5. The summed E-state index contributed by atoms with van der Waals surface area (Å²) in [6.07, 6.45) is 1.46. The minimum absolute atomic E-state index is 0.0254. The number of pyridine rings is 1. The summed E-state index contributed by atoms with van der Waals surface area (Å²) in [7, 11) is 1.54. The molecular formula is C20H17N3O5. The first kappa shape index (κ1) is 18.8. The number of rotatable bonds is 6. The highest BCUT2D eigenvalue weighted by molar-refractivity contribution is 6.04. The zero-order valence-electron chi connectivity index (χ0n) is 15.0. The number of ether oxygens (including phenoxy) is 1. The van der Waals surface area contributed by atoms with E-state index in [1.807, 2.05) is 0 Å². The molecule has 0 spiro atoms. The maximum absolute atomic E-state index is 12.5. The number of nitrogens with one attached hydrogen (secondary N) is 1. The van der Waals surface area contributed by atoms with Gasteiger partial charge in [0.25, 0.3) is 17.2 Å². The van der Waals surface area contributed by atoms with Crippen molar-refractivity contribution in [1.82, 2.24) is 4.57 Å². The second kappa shape index (κ2) is 8.17. The Balaban J connectivity index is 1.79. The van der Waals surface area contributed by atoms with Crippen molar-refractivity contribution in [2.45, 2.75) is 6.54 Å². The van der Waals surface area contributed by atoms with Crippen LogP contribution in [0.5, 0.6) is 5.75 Å². The number of benzene rings is 2. The van der Waals surface area contributed by atoms with Crippen LogP contribution in [0.1, 0.15) is 15.9 Å². The minimum Gasteiger partial charge on any atom is -0.497 e. The summed E-state index contributed by atoms with van der Waals surface area (Å²) >= 11 is 0. The molecule has 0 aliphatic heterocycles. The molecule has 8 nitrogen and oxygen atoms in total. The third-order valence-corrected chi connectivity index (χ3v) is 4.07. The fourth-order valence-corrected chi connectivity index (χ4v) is 2.61. The lowest BCUT2D eigenvalue weighted by Gasteiger charge is -2.10. The molecule has 1 aromatic heterocycles. The third kappa shape index (κ3) is 4.42. The summed E-state index contributed by atoms with van der Waals surface area (Å²) in [6, 6.07) is 15.6. The second-order valence-electron chi connectivity index (χ2n) is 5.99. The van der Waals surface area contributed by atoms with E-state index in [0.29, 0.717) is 22.6 Å². The number of nitrogens with zero attached hydrogens (tertiary/aromatic N) is 2. The van der Waals surface area contributed by atoms with Crippen molar-refractivity contribution in [3.8, 4) is 5.75 Å². The van der Waals surface area contributed by atoms with Gasteiger partial charge in [-0.25, -0.2) is 0 Å². The molecule has 1 heterocycles. The molecule has 3 rings (SSSR count). The number of hydrogen-bond donors (Lipinski definition) is 1. The van der Waals surface area contributed by atoms with Gasteiger partial charge in [-0.1, -0.05) is 18.2 Å². The number of nitro groups is 1. The van der Waals surface area contributed by atoms with Crippen molar-refractivity contribution in [2.24, 2.45) is 0 Å². The molecule has 142 valence electrons. The quantitative estimate of drug-likeness (QED) is 0.524. The summed E-state index contributed by atoms with van der Waals surface area (Å²) in [6.45, 7) is 0.192. The largest absolute Gasteiger partial charge is 0.497 e. The Hall–Kier alpha value is -3.94. The van der Waals surface area contributed by atoms with Gasteiger partial charge in [-0.2, -0.15) is 0 Å². The lowest BCUT2D eigenvalue weighted by atomic mass is 10.2. The van der Waals surface area contributed by atoms with Gasteiger partial charge in [0.15, 0.2) is 0 Å². The average Bonchev–Trinajstić information content (AvgIpc) is 2.70. The monoisotopic (exact) mass is 379 g/mol. The normalized spacial score (nSPS) is 10.3. The van der Waals surface area contributed by atoms with E-state index in [1.54, 1.807) is 36.4 Å². The van der Waals surface area contributed by atoms with Crippen LogP contribution in [0, 0.1) is 10.1 Å². The van der Waals surface area contributed by atoms with Crippen molar-refractivity contribution >= 4 is 17.3 Å². The maximum Gasteiger partial charge on any atom is 0.269 e. The Bertz CT molecular complexity index is 1070. The molecule has 3 aromatic rings. The molecule has 2 aromatic carbocycles. The Morgan fingerprint density at radius 2 is 1.89 bits per heavy atom. The van der Waals surface area contributed by atoms with Gasteiger partial charge in [0, 0.05) is 36.1 Å². The van der Waals surface area contributed by atoms with Crippen LogP contribution in [-0.2, 0) is 6.54 Å². The molecule has 0 saturated heterocycles. The van der Waals surface area contributed by atoms with Crippen LogP contribution in [0.2, 0.25) is 0 Å². The second-order valence-corrected chi connectivity index (χ2v) is 5.99. The molecule has 28 heavy (non-hydrogen) atoms. The van der Waals surface area contributed by atoms with E-state index < -0.39 is 4.92 Å². The molecular weight excluding hydrogens is 362 g/mol. The van der Waals surface area contributed by atoms with E-state index in [9.17, 15) is 19.7 Å². The van der Waals surface area contributed by atoms with Crippen LogP contribution in [0.15, 0.2) is 71.7 Å². The number of nitro benzene ring substituents is 1. The van der Waals surface area contributed by atoms with Gasteiger partial charge in [-0.3, -0.25) is 19.7 Å². The number of amides is 1.